The summed E-state index contributed by atoms with van der Waals surface area (Å²) >= 11 is 0. The maximum absolute atomic E-state index is 13.9. The van der Waals surface area contributed by atoms with Gasteiger partial charge in [0.15, 0.2) is 5.78 Å². The van der Waals surface area contributed by atoms with Gasteiger partial charge in [-0.3, -0.25) is 9.59 Å². The quantitative estimate of drug-likeness (QED) is 0.440. The van der Waals surface area contributed by atoms with Crippen molar-refractivity contribution in [3.63, 3.8) is 0 Å². The molecule has 3 atom stereocenters. The van der Waals surface area contributed by atoms with E-state index in [-0.39, 0.29) is 23.9 Å². The predicted molar refractivity (Wildman–Crippen MR) is 135 cm³/mol. The van der Waals surface area contributed by atoms with Gasteiger partial charge in [-0.15, -0.1) is 0 Å². The number of Topliss-reactive ketones (excluding diaryl/α,β-unsaturated/α-hetero) is 1. The van der Waals surface area contributed by atoms with E-state index in [1.165, 1.54) is 7.11 Å². The van der Waals surface area contributed by atoms with Crippen LogP contribution in [0, 0.1) is 11.8 Å². The second kappa shape index (κ2) is 10.9. The molecule has 1 fully saturated rings. The minimum absolute atomic E-state index is 0.103. The average molecular weight is 496 g/mol. The van der Waals surface area contributed by atoms with Gasteiger partial charge in [0.1, 0.15) is 17.8 Å². The van der Waals surface area contributed by atoms with E-state index < -0.39 is 23.8 Å². The number of ether oxygens (including phenoxy) is 3. The van der Waals surface area contributed by atoms with E-state index >= 15 is 0 Å². The van der Waals surface area contributed by atoms with Gasteiger partial charge in [-0.1, -0.05) is 31.5 Å². The summed E-state index contributed by atoms with van der Waals surface area (Å²) in [6.07, 6.45) is 5.17. The molecular formula is C29H37NO6. The van der Waals surface area contributed by atoms with Gasteiger partial charge in [-0.05, 0) is 64.9 Å². The van der Waals surface area contributed by atoms with Crippen LogP contribution in [-0.2, 0) is 23.9 Å². The summed E-state index contributed by atoms with van der Waals surface area (Å²) in [5, 5.41) is 3.33. The summed E-state index contributed by atoms with van der Waals surface area (Å²) in [5.41, 5.74) is 2.93. The lowest BCUT2D eigenvalue weighted by Crippen LogP contribution is -2.43. The van der Waals surface area contributed by atoms with E-state index in [2.05, 4.69) is 5.32 Å². The van der Waals surface area contributed by atoms with Crippen molar-refractivity contribution in [2.45, 2.75) is 84.3 Å². The number of allylic oxidation sites excluding steroid dienone is 3. The fraction of sp³-hybridized carbons (Fsp3) is 0.552. The number of methoxy groups -OCH3 is 1. The van der Waals surface area contributed by atoms with Gasteiger partial charge in [0.25, 0.3) is 0 Å². The van der Waals surface area contributed by atoms with E-state index in [4.69, 9.17) is 14.2 Å². The summed E-state index contributed by atoms with van der Waals surface area (Å²) in [6, 6.07) is 7.48. The number of carbonyl (C=O) groups is 3. The highest BCUT2D eigenvalue weighted by Crippen LogP contribution is 2.48. The molecule has 1 heterocycles. The van der Waals surface area contributed by atoms with Crippen molar-refractivity contribution in [2.24, 2.45) is 11.8 Å². The number of para-hydroxylation sites is 1. The van der Waals surface area contributed by atoms with Crippen LogP contribution in [0.15, 0.2) is 46.8 Å². The number of hydrogen-bond donors (Lipinski definition) is 1. The zero-order chi connectivity index (χ0) is 26.0. The SMILES string of the molecule is COC(=O)[C@@H]1C(=O)C2=C(C[C@H]1C)NC(C)=C(C(=O)OC1CCCCC1)[C@H]2c1ccccc1OC(C)C. The van der Waals surface area contributed by atoms with Crippen LogP contribution in [-0.4, -0.2) is 37.0 Å². The number of dihydropyridines is 1. The molecule has 0 bridgehead atoms. The molecule has 0 saturated heterocycles. The van der Waals surface area contributed by atoms with Gasteiger partial charge in [0, 0.05) is 22.5 Å². The highest BCUT2D eigenvalue weighted by atomic mass is 16.5. The van der Waals surface area contributed by atoms with Crippen LogP contribution in [0.5, 0.6) is 5.75 Å². The smallest absolute Gasteiger partial charge is 0.337 e. The second-order valence-electron chi connectivity index (χ2n) is 10.4. The van der Waals surface area contributed by atoms with E-state index in [9.17, 15) is 14.4 Å². The minimum atomic E-state index is -0.926. The van der Waals surface area contributed by atoms with E-state index in [0.29, 0.717) is 34.6 Å². The number of rotatable bonds is 6. The number of benzene rings is 1. The third-order valence-corrected chi connectivity index (χ3v) is 7.38. The Morgan fingerprint density at radius 1 is 1.08 bits per heavy atom. The highest BCUT2D eigenvalue weighted by molar-refractivity contribution is 6.12. The standard InChI is InChI=1S/C29H37NO6/c1-16(2)35-22-14-10-9-13-20(22)25-24(29(33)36-19-11-7-6-8-12-19)18(4)30-21-15-17(3)23(28(32)34-5)27(31)26(21)25/h9-10,13-14,16-17,19,23,25,30H,6-8,11-12,15H2,1-5H3/t17-,23+,25-/m1/s1. The summed E-state index contributed by atoms with van der Waals surface area (Å²) in [4.78, 5) is 40.3. The molecule has 36 heavy (non-hydrogen) atoms. The Labute approximate surface area is 213 Å². The topological polar surface area (TPSA) is 90.9 Å². The van der Waals surface area contributed by atoms with Crippen molar-refractivity contribution in [1.82, 2.24) is 5.32 Å². The summed E-state index contributed by atoms with van der Waals surface area (Å²) in [5.74, 6) is -2.57. The molecule has 7 heteroatoms. The minimum Gasteiger partial charge on any atom is -0.491 e. The van der Waals surface area contributed by atoms with E-state index in [1.54, 1.807) is 0 Å². The molecule has 1 N–H and O–H groups in total. The predicted octanol–water partition coefficient (Wildman–Crippen LogP) is 4.96. The van der Waals surface area contributed by atoms with Gasteiger partial charge in [0.2, 0.25) is 0 Å². The number of esters is 2. The largest absolute Gasteiger partial charge is 0.491 e. The molecule has 2 aliphatic carbocycles. The molecule has 1 aromatic rings. The Hall–Kier alpha value is -3.09. The van der Waals surface area contributed by atoms with Crippen molar-refractivity contribution in [1.29, 1.82) is 0 Å². The first kappa shape index (κ1) is 26.0. The molecule has 0 radical (unpaired) electrons. The Bertz CT molecular complexity index is 1090. The molecule has 1 saturated carbocycles. The van der Waals surface area contributed by atoms with Crippen molar-refractivity contribution in [3.05, 3.63) is 52.4 Å². The Balaban J connectivity index is 1.83. The number of hydrogen-bond acceptors (Lipinski definition) is 7. The molecule has 0 amide bonds. The van der Waals surface area contributed by atoms with Crippen LogP contribution in [0.25, 0.3) is 0 Å². The fourth-order valence-corrected chi connectivity index (χ4v) is 5.74. The number of carbonyl (C=O) groups excluding carboxylic acids is 3. The van der Waals surface area contributed by atoms with Crippen LogP contribution >= 0.6 is 0 Å². The Morgan fingerprint density at radius 3 is 2.44 bits per heavy atom. The molecule has 3 aliphatic rings. The summed E-state index contributed by atoms with van der Waals surface area (Å²) in [7, 11) is 1.30. The van der Waals surface area contributed by atoms with Crippen LogP contribution in [0.4, 0.5) is 0 Å². The van der Waals surface area contributed by atoms with Crippen molar-refractivity contribution < 1.29 is 28.6 Å². The van der Waals surface area contributed by atoms with Gasteiger partial charge in [-0.2, -0.15) is 0 Å². The third kappa shape index (κ3) is 5.06. The maximum atomic E-state index is 13.9. The van der Waals surface area contributed by atoms with E-state index in [1.807, 2.05) is 52.0 Å². The number of nitrogens with one attached hydrogen (secondary N) is 1. The Kier molecular flexibility index (Phi) is 7.86. The van der Waals surface area contributed by atoms with Crippen molar-refractivity contribution >= 4 is 17.7 Å². The molecule has 0 unspecified atom stereocenters. The normalized spacial score (nSPS) is 24.8. The van der Waals surface area contributed by atoms with Gasteiger partial charge >= 0.3 is 11.9 Å². The maximum Gasteiger partial charge on any atom is 0.337 e. The molecule has 0 aromatic heterocycles. The van der Waals surface area contributed by atoms with Crippen LogP contribution in [0.2, 0.25) is 0 Å². The average Bonchev–Trinajstić information content (AvgIpc) is 2.83. The molecule has 7 nitrogen and oxygen atoms in total. The van der Waals surface area contributed by atoms with Crippen LogP contribution < -0.4 is 10.1 Å². The lowest BCUT2D eigenvalue weighted by atomic mass is 9.69. The highest BCUT2D eigenvalue weighted by Gasteiger charge is 2.48. The lowest BCUT2D eigenvalue weighted by molar-refractivity contribution is -0.151. The summed E-state index contributed by atoms with van der Waals surface area (Å²) in [6.45, 7) is 7.59. The van der Waals surface area contributed by atoms with Crippen molar-refractivity contribution in [3.8, 4) is 5.75 Å². The molecular weight excluding hydrogens is 458 g/mol. The van der Waals surface area contributed by atoms with Gasteiger partial charge in [-0.25, -0.2) is 4.79 Å². The monoisotopic (exact) mass is 495 g/mol. The second-order valence-corrected chi connectivity index (χ2v) is 10.4. The first-order valence-corrected chi connectivity index (χ1v) is 13.0. The molecule has 1 aromatic carbocycles. The molecule has 1 aliphatic heterocycles. The van der Waals surface area contributed by atoms with Gasteiger partial charge < -0.3 is 19.5 Å². The first-order chi connectivity index (χ1) is 17.2. The molecule has 4 rings (SSSR count). The molecule has 194 valence electrons. The van der Waals surface area contributed by atoms with Crippen LogP contribution in [0.3, 0.4) is 0 Å². The van der Waals surface area contributed by atoms with E-state index in [0.717, 1.165) is 37.8 Å². The zero-order valence-electron chi connectivity index (χ0n) is 21.9. The zero-order valence-corrected chi connectivity index (χ0v) is 21.9. The van der Waals surface area contributed by atoms with Gasteiger partial charge in [0.05, 0.1) is 24.7 Å². The Morgan fingerprint density at radius 2 is 1.78 bits per heavy atom. The third-order valence-electron chi connectivity index (χ3n) is 7.38. The van der Waals surface area contributed by atoms with Crippen molar-refractivity contribution in [2.75, 3.05) is 7.11 Å². The molecule has 0 spiro atoms. The lowest BCUT2D eigenvalue weighted by Gasteiger charge is -2.39. The summed E-state index contributed by atoms with van der Waals surface area (Å²) < 4.78 is 17.1. The first-order valence-electron chi connectivity index (χ1n) is 13.0. The fourth-order valence-electron chi connectivity index (χ4n) is 5.74. The van der Waals surface area contributed by atoms with Crippen LogP contribution in [0.1, 0.15) is 77.7 Å². The number of ketones is 1.